The Balaban J connectivity index is 0.000000292. The van der Waals surface area contributed by atoms with Gasteiger partial charge in [-0.15, -0.1) is 6.34 Å². The molecule has 0 amide bonds. The van der Waals surface area contributed by atoms with Crippen LogP contribution >= 0.6 is 0 Å². The van der Waals surface area contributed by atoms with Crippen LogP contribution in [0.4, 0.5) is 22.7 Å². The number of rotatable bonds is 17. The maximum absolute atomic E-state index is 4.85. The number of benzene rings is 5. The second-order valence-electron chi connectivity index (χ2n) is 23.8. The van der Waals surface area contributed by atoms with Gasteiger partial charge in [0.15, 0.2) is 0 Å². The Hall–Kier alpha value is -4.15. The molecule has 0 unspecified atom stereocenters. The summed E-state index contributed by atoms with van der Waals surface area (Å²) in [5, 5.41) is 14.3. The molecule has 0 atom stereocenters. The molecule has 5 aromatic rings. The molecule has 7 heteroatoms. The van der Waals surface area contributed by atoms with Gasteiger partial charge >= 0.3 is 40.4 Å². The van der Waals surface area contributed by atoms with E-state index in [1.54, 1.807) is 12.7 Å². The van der Waals surface area contributed by atoms with E-state index < -0.39 is 0 Å². The first-order valence-corrected chi connectivity index (χ1v) is 29.5. The first kappa shape index (κ1) is 67.1. The van der Waals surface area contributed by atoms with Crippen LogP contribution in [0.1, 0.15) is 272 Å². The number of para-hydroxylation sites is 4. The third-order valence-electron chi connectivity index (χ3n) is 14.8. The van der Waals surface area contributed by atoms with Crippen LogP contribution in [0.2, 0.25) is 0 Å². The van der Waals surface area contributed by atoms with Crippen LogP contribution < -0.4 is 0 Å². The summed E-state index contributed by atoms with van der Waals surface area (Å²) in [4.78, 5) is 14.3. The minimum atomic E-state index is 0. The summed E-state index contributed by atoms with van der Waals surface area (Å²) in [5.41, 5.74) is 15.9. The molecule has 7 rings (SSSR count). The Morgan fingerprint density at radius 2 is 0.662 bits per heavy atom. The average molecular weight is 1180 g/mol. The van der Waals surface area contributed by atoms with E-state index in [9.17, 15) is 0 Å². The van der Waals surface area contributed by atoms with Gasteiger partial charge in [-0.25, -0.2) is 0 Å². The van der Waals surface area contributed by atoms with E-state index in [0.717, 1.165) is 22.7 Å². The van der Waals surface area contributed by atoms with Crippen molar-refractivity contribution in [3.05, 3.63) is 169 Å². The first-order chi connectivity index (χ1) is 36.3. The molecule has 6 nitrogen and oxygen atoms in total. The van der Waals surface area contributed by atoms with E-state index >= 15 is 0 Å². The monoisotopic (exact) mass is 1180 g/mol. The molecule has 2 aliphatic carbocycles. The van der Waals surface area contributed by atoms with Crippen molar-refractivity contribution in [3.8, 4) is 0 Å². The van der Waals surface area contributed by atoms with E-state index in [1.165, 1.54) is 114 Å². The standard InChI is InChI=1S/2C25H35N2.C13H23N2.C7H8.Sm/c2*1-16(2)20-11-9-12-21(17(3)4)24(20)26-15-27-25-22(18(5)6)13-10-14-23(25)19(7)8;1-3-7-12(8-4-1)14-11-15-13-9-5-2-6-10-13;1-7-5-3-2-4-6-7;/h2*9-19H,1-8H3;11-13H,1-10H2;2-6H,1H3;/q3*-1;;+3. The zero-order valence-electron chi connectivity index (χ0n) is 51.0. The predicted octanol–water partition coefficient (Wildman–Crippen LogP) is 23.1. The van der Waals surface area contributed by atoms with Crippen molar-refractivity contribution in [2.24, 2.45) is 15.0 Å². The normalized spacial score (nSPS) is 14.4. The average Bonchev–Trinajstić information content (AvgIpc) is 3.39. The summed E-state index contributed by atoms with van der Waals surface area (Å²) >= 11 is 0. The van der Waals surface area contributed by atoms with E-state index in [-0.39, 0.29) is 40.4 Å². The minimum Gasteiger partial charge on any atom is -0.469 e. The molecule has 5 aromatic carbocycles. The van der Waals surface area contributed by atoms with Crippen LogP contribution in [0.15, 0.2) is 118 Å². The van der Waals surface area contributed by atoms with Gasteiger partial charge < -0.3 is 30.9 Å². The van der Waals surface area contributed by atoms with Crippen molar-refractivity contribution in [2.45, 2.75) is 241 Å². The predicted molar refractivity (Wildman–Crippen MR) is 338 cm³/mol. The van der Waals surface area contributed by atoms with Crippen LogP contribution in [-0.2, 0) is 0 Å². The first-order valence-electron chi connectivity index (χ1n) is 29.5. The van der Waals surface area contributed by atoms with Crippen molar-refractivity contribution in [3.63, 3.8) is 0 Å². The van der Waals surface area contributed by atoms with Crippen LogP contribution in [0, 0.1) is 47.3 Å². The summed E-state index contributed by atoms with van der Waals surface area (Å²) in [7, 11) is 0. The zero-order chi connectivity index (χ0) is 55.7. The van der Waals surface area contributed by atoms with E-state index in [0.29, 0.717) is 59.4 Å². The summed E-state index contributed by atoms with van der Waals surface area (Å²) in [5.74, 6) is 3.48. The van der Waals surface area contributed by atoms with Gasteiger partial charge in [-0.2, -0.15) is 0 Å². The molecule has 0 bridgehead atoms. The fourth-order valence-electron chi connectivity index (χ4n) is 10.2. The van der Waals surface area contributed by atoms with Gasteiger partial charge in [0.1, 0.15) is 0 Å². The maximum atomic E-state index is 4.85. The molecule has 2 saturated carbocycles. The van der Waals surface area contributed by atoms with Gasteiger partial charge in [-0.1, -0.05) is 296 Å². The Kier molecular flexibility index (Phi) is 30.9. The van der Waals surface area contributed by atoms with Gasteiger partial charge in [-0.05, 0) is 134 Å². The Morgan fingerprint density at radius 3 is 0.948 bits per heavy atom. The van der Waals surface area contributed by atoms with Crippen molar-refractivity contribution >= 4 is 41.8 Å². The summed E-state index contributed by atoms with van der Waals surface area (Å²) < 4.78 is 0. The molecule has 2 aliphatic rings. The van der Waals surface area contributed by atoms with Crippen LogP contribution in [0.3, 0.4) is 0 Å². The fourth-order valence-corrected chi connectivity index (χ4v) is 10.2. The van der Waals surface area contributed by atoms with Crippen LogP contribution in [-0.4, -0.2) is 31.1 Å². The smallest absolute Gasteiger partial charge is 0.469 e. The van der Waals surface area contributed by atoms with E-state index in [2.05, 4.69) is 213 Å². The topological polar surface area (TPSA) is 79.4 Å². The second-order valence-corrected chi connectivity index (χ2v) is 23.8. The molecule has 77 heavy (non-hydrogen) atoms. The van der Waals surface area contributed by atoms with Crippen LogP contribution in [0.25, 0.3) is 16.0 Å². The SMILES string of the molecule is C(=NC1CCCCC1)[N-]C1CCCCC1.CC(C)c1cccc(C(C)C)c1N=C[N-]c1c(C(C)C)cccc1C(C)C.CC(C)c1cccc(C(C)C)c1N=C[N-]c1c(C(C)C)cccc1C(C)C.Cc1ccccc1.[Sm+3]. The largest absolute Gasteiger partial charge is 3.00 e. The number of nitrogens with zero attached hydrogens (tertiary/aromatic N) is 6. The molecule has 0 aromatic heterocycles. The van der Waals surface area contributed by atoms with Gasteiger partial charge in [0.25, 0.3) is 0 Å². The van der Waals surface area contributed by atoms with Gasteiger partial charge in [0, 0.05) is 0 Å². The summed E-state index contributed by atoms with van der Waals surface area (Å²) in [6.07, 6.45) is 18.8. The van der Waals surface area contributed by atoms with Gasteiger partial charge in [-0.3, -0.25) is 0 Å². The summed E-state index contributed by atoms with van der Waals surface area (Å²) in [6.45, 7) is 37.6. The van der Waals surface area contributed by atoms with Crippen molar-refractivity contribution < 1.29 is 40.4 Å². The molecule has 1 radical (unpaired) electrons. The zero-order valence-corrected chi connectivity index (χ0v) is 53.6. The van der Waals surface area contributed by atoms with Crippen molar-refractivity contribution in [2.75, 3.05) is 0 Å². The fraction of sp³-hybridized carbons (Fsp3) is 0.529. The van der Waals surface area contributed by atoms with Gasteiger partial charge in [0.2, 0.25) is 0 Å². The number of aryl methyl sites for hydroxylation is 1. The van der Waals surface area contributed by atoms with E-state index in [4.69, 9.17) is 20.6 Å². The van der Waals surface area contributed by atoms with E-state index in [1.807, 2.05) is 24.5 Å². The molecular formula is C70H101N6Sm. The third-order valence-corrected chi connectivity index (χ3v) is 14.8. The quantitative estimate of drug-likeness (QED) is 0.0657. The number of hydrogen-bond acceptors (Lipinski definition) is 3. The number of aliphatic imine (C=N–C) groups is 3. The second kappa shape index (κ2) is 35.5. The van der Waals surface area contributed by atoms with Crippen molar-refractivity contribution in [1.29, 1.82) is 0 Å². The molecular weight excluding hydrogens is 1080 g/mol. The molecule has 0 aliphatic heterocycles. The molecule has 0 N–H and O–H groups in total. The number of hydrogen-bond donors (Lipinski definition) is 0. The Bertz CT molecular complexity index is 2280. The van der Waals surface area contributed by atoms with Gasteiger partial charge in [0.05, 0.1) is 0 Å². The molecule has 0 spiro atoms. The molecule has 0 heterocycles. The maximum Gasteiger partial charge on any atom is 3.00 e. The minimum absolute atomic E-state index is 0. The molecule has 2 fully saturated rings. The summed E-state index contributed by atoms with van der Waals surface area (Å²) in [6, 6.07) is 37.5. The van der Waals surface area contributed by atoms with Crippen LogP contribution in [0.5, 0.6) is 0 Å². The van der Waals surface area contributed by atoms with Crippen molar-refractivity contribution in [1.82, 2.24) is 0 Å². The molecule has 0 saturated heterocycles. The molecule has 417 valence electrons. The Morgan fingerprint density at radius 1 is 0.364 bits per heavy atom. The Labute approximate surface area is 503 Å². The third kappa shape index (κ3) is 22.1.